The summed E-state index contributed by atoms with van der Waals surface area (Å²) in [5, 5.41) is 14.9. The topological polar surface area (TPSA) is 55.2 Å². The average molecular weight is 283 g/mol. The third-order valence-corrected chi connectivity index (χ3v) is 4.23. The van der Waals surface area contributed by atoms with Gasteiger partial charge in [-0.3, -0.25) is 10.1 Å². The van der Waals surface area contributed by atoms with Crippen LogP contribution in [0.4, 0.5) is 11.4 Å². The Kier molecular flexibility index (Phi) is 3.99. The number of nitrogens with one attached hydrogen (secondary N) is 1. The van der Waals surface area contributed by atoms with Crippen molar-refractivity contribution in [2.45, 2.75) is 45.6 Å². The molecule has 0 heterocycles. The van der Waals surface area contributed by atoms with E-state index < -0.39 is 0 Å². The molecule has 19 heavy (non-hydrogen) atoms. The molecule has 1 fully saturated rings. The first-order chi connectivity index (χ1) is 8.90. The molecule has 1 unspecified atom stereocenters. The standard InChI is InChI=1S/C14H19ClN2O2/c1-14(2)8-4-3-5-13(14)16-11-9-10(15)6-7-12(11)17(18)19/h6-7,9,13,16H,3-5,8H2,1-2H3. The van der Waals surface area contributed by atoms with E-state index in [4.69, 9.17) is 11.6 Å². The van der Waals surface area contributed by atoms with Crippen molar-refractivity contribution in [2.75, 3.05) is 5.32 Å². The lowest BCUT2D eigenvalue weighted by atomic mass is 9.73. The normalized spacial score (nSPS) is 21.9. The van der Waals surface area contributed by atoms with Crippen LogP contribution in [0.15, 0.2) is 18.2 Å². The van der Waals surface area contributed by atoms with Gasteiger partial charge < -0.3 is 5.32 Å². The number of halogens is 1. The van der Waals surface area contributed by atoms with Crippen molar-refractivity contribution in [2.24, 2.45) is 5.41 Å². The molecule has 0 aliphatic heterocycles. The van der Waals surface area contributed by atoms with E-state index in [1.807, 2.05) is 0 Å². The van der Waals surface area contributed by atoms with Gasteiger partial charge in [-0.15, -0.1) is 0 Å². The van der Waals surface area contributed by atoms with Crippen LogP contribution >= 0.6 is 11.6 Å². The fourth-order valence-corrected chi connectivity index (χ4v) is 2.90. The maximum atomic E-state index is 11.1. The fourth-order valence-electron chi connectivity index (χ4n) is 2.73. The number of nitro benzene ring substituents is 1. The zero-order valence-electron chi connectivity index (χ0n) is 11.3. The van der Waals surface area contributed by atoms with Crippen molar-refractivity contribution < 1.29 is 4.92 Å². The molecule has 0 aromatic heterocycles. The molecule has 1 aliphatic rings. The van der Waals surface area contributed by atoms with E-state index in [1.165, 1.54) is 12.5 Å². The van der Waals surface area contributed by atoms with E-state index in [0.717, 1.165) is 19.3 Å². The fraction of sp³-hybridized carbons (Fsp3) is 0.571. The Bertz CT molecular complexity index is 488. The Hall–Kier alpha value is -1.29. The third kappa shape index (κ3) is 3.18. The maximum absolute atomic E-state index is 11.1. The molecular formula is C14H19ClN2O2. The zero-order valence-corrected chi connectivity index (χ0v) is 12.0. The molecule has 0 amide bonds. The Morgan fingerprint density at radius 1 is 1.42 bits per heavy atom. The molecule has 0 bridgehead atoms. The lowest BCUT2D eigenvalue weighted by Gasteiger charge is -2.39. The summed E-state index contributed by atoms with van der Waals surface area (Å²) in [6.07, 6.45) is 4.56. The van der Waals surface area contributed by atoms with Crippen LogP contribution < -0.4 is 5.32 Å². The van der Waals surface area contributed by atoms with Crippen molar-refractivity contribution in [1.29, 1.82) is 0 Å². The molecule has 1 saturated carbocycles. The summed E-state index contributed by atoms with van der Waals surface area (Å²) in [5.74, 6) is 0. The SMILES string of the molecule is CC1(C)CCCCC1Nc1cc(Cl)ccc1[N+](=O)[O-]. The van der Waals surface area contributed by atoms with Crippen LogP contribution in [0.2, 0.25) is 5.02 Å². The van der Waals surface area contributed by atoms with Gasteiger partial charge in [-0.25, -0.2) is 0 Å². The highest BCUT2D eigenvalue weighted by Crippen LogP contribution is 2.39. The van der Waals surface area contributed by atoms with E-state index in [9.17, 15) is 10.1 Å². The predicted octanol–water partition coefficient (Wildman–Crippen LogP) is 4.63. The first-order valence-corrected chi connectivity index (χ1v) is 6.98. The molecule has 0 spiro atoms. The van der Waals surface area contributed by atoms with Crippen LogP contribution in [-0.2, 0) is 0 Å². The van der Waals surface area contributed by atoms with Gasteiger partial charge in [0.05, 0.1) is 4.92 Å². The molecule has 0 saturated heterocycles. The summed E-state index contributed by atoms with van der Waals surface area (Å²) in [5.41, 5.74) is 0.761. The predicted molar refractivity (Wildman–Crippen MR) is 77.8 cm³/mol. The second kappa shape index (κ2) is 5.37. The molecule has 1 N–H and O–H groups in total. The minimum Gasteiger partial charge on any atom is -0.376 e. The largest absolute Gasteiger partial charge is 0.376 e. The molecule has 1 aromatic rings. The van der Waals surface area contributed by atoms with E-state index in [0.29, 0.717) is 10.7 Å². The summed E-state index contributed by atoms with van der Waals surface area (Å²) >= 11 is 5.95. The molecule has 1 atom stereocenters. The van der Waals surface area contributed by atoms with Gasteiger partial charge in [0.1, 0.15) is 5.69 Å². The molecule has 2 rings (SSSR count). The van der Waals surface area contributed by atoms with Gasteiger partial charge in [0, 0.05) is 17.1 Å². The summed E-state index contributed by atoms with van der Waals surface area (Å²) in [7, 11) is 0. The Labute approximate surface area is 118 Å². The first kappa shape index (κ1) is 14.1. The average Bonchev–Trinajstić information content (AvgIpc) is 2.31. The van der Waals surface area contributed by atoms with Crippen molar-refractivity contribution in [3.63, 3.8) is 0 Å². The highest BCUT2D eigenvalue weighted by Gasteiger charge is 2.33. The Morgan fingerprint density at radius 2 is 2.16 bits per heavy atom. The molecule has 5 heteroatoms. The van der Waals surface area contributed by atoms with Crippen LogP contribution in [0, 0.1) is 15.5 Å². The smallest absolute Gasteiger partial charge is 0.292 e. The van der Waals surface area contributed by atoms with Crippen molar-refractivity contribution in [1.82, 2.24) is 0 Å². The van der Waals surface area contributed by atoms with Gasteiger partial charge in [-0.2, -0.15) is 0 Å². The van der Waals surface area contributed by atoms with E-state index in [2.05, 4.69) is 19.2 Å². The van der Waals surface area contributed by atoms with Crippen molar-refractivity contribution in [3.8, 4) is 0 Å². The van der Waals surface area contributed by atoms with Gasteiger partial charge in [0.25, 0.3) is 5.69 Å². The molecular weight excluding hydrogens is 264 g/mol. The monoisotopic (exact) mass is 282 g/mol. The summed E-state index contributed by atoms with van der Waals surface area (Å²) in [4.78, 5) is 10.7. The number of anilines is 1. The molecule has 1 aromatic carbocycles. The van der Waals surface area contributed by atoms with Crippen LogP contribution in [0.3, 0.4) is 0 Å². The van der Waals surface area contributed by atoms with E-state index >= 15 is 0 Å². The van der Waals surface area contributed by atoms with Crippen molar-refractivity contribution in [3.05, 3.63) is 33.3 Å². The summed E-state index contributed by atoms with van der Waals surface area (Å²) in [6.45, 7) is 4.42. The number of nitro groups is 1. The number of hydrogen-bond acceptors (Lipinski definition) is 3. The number of hydrogen-bond donors (Lipinski definition) is 1. The van der Waals surface area contributed by atoms with Crippen LogP contribution in [0.5, 0.6) is 0 Å². The third-order valence-electron chi connectivity index (χ3n) is 3.99. The maximum Gasteiger partial charge on any atom is 0.292 e. The second-order valence-electron chi connectivity index (χ2n) is 5.85. The molecule has 0 radical (unpaired) electrons. The lowest BCUT2D eigenvalue weighted by Crippen LogP contribution is -2.39. The van der Waals surface area contributed by atoms with E-state index in [-0.39, 0.29) is 22.1 Å². The van der Waals surface area contributed by atoms with Gasteiger partial charge >= 0.3 is 0 Å². The minimum absolute atomic E-state index is 0.0887. The van der Waals surface area contributed by atoms with E-state index in [1.54, 1.807) is 12.1 Å². The van der Waals surface area contributed by atoms with Crippen LogP contribution in [-0.4, -0.2) is 11.0 Å². The van der Waals surface area contributed by atoms with Crippen LogP contribution in [0.1, 0.15) is 39.5 Å². The highest BCUT2D eigenvalue weighted by molar-refractivity contribution is 6.31. The number of nitrogens with zero attached hydrogens (tertiary/aromatic N) is 1. The highest BCUT2D eigenvalue weighted by atomic mass is 35.5. The van der Waals surface area contributed by atoms with Crippen LogP contribution in [0.25, 0.3) is 0 Å². The number of rotatable bonds is 3. The van der Waals surface area contributed by atoms with Gasteiger partial charge in [0.2, 0.25) is 0 Å². The molecule has 4 nitrogen and oxygen atoms in total. The zero-order chi connectivity index (χ0) is 14.0. The minimum atomic E-state index is -0.367. The summed E-state index contributed by atoms with van der Waals surface area (Å²) in [6, 6.07) is 4.90. The Balaban J connectivity index is 2.27. The van der Waals surface area contributed by atoms with Gasteiger partial charge in [-0.05, 0) is 30.4 Å². The van der Waals surface area contributed by atoms with Crippen molar-refractivity contribution >= 4 is 23.0 Å². The lowest BCUT2D eigenvalue weighted by molar-refractivity contribution is -0.384. The van der Waals surface area contributed by atoms with Gasteiger partial charge in [-0.1, -0.05) is 38.3 Å². The Morgan fingerprint density at radius 3 is 2.79 bits per heavy atom. The quantitative estimate of drug-likeness (QED) is 0.649. The summed E-state index contributed by atoms with van der Waals surface area (Å²) < 4.78 is 0. The molecule has 1 aliphatic carbocycles. The number of benzene rings is 1. The first-order valence-electron chi connectivity index (χ1n) is 6.60. The van der Waals surface area contributed by atoms with Gasteiger partial charge in [0.15, 0.2) is 0 Å². The molecule has 104 valence electrons. The second-order valence-corrected chi connectivity index (χ2v) is 6.29.